The van der Waals surface area contributed by atoms with Crippen molar-refractivity contribution in [1.82, 2.24) is 18.4 Å². The van der Waals surface area contributed by atoms with Gasteiger partial charge in [0.1, 0.15) is 17.0 Å². The minimum atomic E-state index is -4.15. The predicted molar refractivity (Wildman–Crippen MR) is 159 cm³/mol. The summed E-state index contributed by atoms with van der Waals surface area (Å²) in [5.41, 5.74) is -0.512. The van der Waals surface area contributed by atoms with E-state index in [1.54, 1.807) is 6.07 Å². The number of aromatic nitrogens is 3. The summed E-state index contributed by atoms with van der Waals surface area (Å²) in [6.45, 7) is 3.02. The molecule has 0 aliphatic heterocycles. The van der Waals surface area contributed by atoms with Gasteiger partial charge >= 0.3 is 5.69 Å². The monoisotopic (exact) mass is 607 g/mol. The molecule has 2 aliphatic carbocycles. The highest BCUT2D eigenvalue weighted by Crippen LogP contribution is 2.41. The second-order valence-corrected chi connectivity index (χ2v) is 12.8. The standard InChI is InChI=1S/C30H30FN5O6S/c1-4-24(37)33-43(41,42)21-12-10-19(11-13-21)35-26-16(2)28(38)34(3)27(25(26)29(39)36(30(35)40)20-8-9-20)32-23-14-7-18(15-22(23)31)17-5-6-17/h7,10-15,17,20,32H,4-6,8-9H2,1-3H3,(H,33,37). The highest BCUT2D eigenvalue weighted by molar-refractivity contribution is 7.90. The molecule has 43 heavy (non-hydrogen) atoms. The minimum Gasteiger partial charge on any atom is -0.338 e. The number of nitrogens with zero attached hydrogens (tertiary/aromatic N) is 3. The van der Waals surface area contributed by atoms with Gasteiger partial charge < -0.3 is 5.32 Å². The van der Waals surface area contributed by atoms with Crippen LogP contribution in [-0.4, -0.2) is 28.0 Å². The van der Waals surface area contributed by atoms with Crippen molar-refractivity contribution in [3.63, 3.8) is 0 Å². The molecule has 0 spiro atoms. The van der Waals surface area contributed by atoms with Crippen LogP contribution in [0.25, 0.3) is 16.6 Å². The molecular weight excluding hydrogens is 577 g/mol. The van der Waals surface area contributed by atoms with Crippen LogP contribution in [0.3, 0.4) is 0 Å². The number of aryl methyl sites for hydroxylation is 1. The number of carbonyl (C=O) groups is 1. The topological polar surface area (TPSA) is 141 Å². The predicted octanol–water partition coefficient (Wildman–Crippen LogP) is 3.47. The van der Waals surface area contributed by atoms with E-state index in [9.17, 15) is 27.6 Å². The van der Waals surface area contributed by atoms with E-state index in [2.05, 4.69) is 5.32 Å². The number of benzene rings is 2. The molecule has 2 N–H and O–H groups in total. The lowest BCUT2D eigenvalue weighted by atomic mass is 10.1. The fourth-order valence-electron chi connectivity index (χ4n) is 5.34. The second kappa shape index (κ2) is 10.3. The first-order valence-electron chi connectivity index (χ1n) is 14.1. The Kier molecular flexibility index (Phi) is 6.87. The van der Waals surface area contributed by atoms with Gasteiger partial charge in [-0.2, -0.15) is 0 Å². The average Bonchev–Trinajstić information content (AvgIpc) is 3.89. The summed E-state index contributed by atoms with van der Waals surface area (Å²) in [5, 5.41) is 2.97. The lowest BCUT2D eigenvalue weighted by Crippen LogP contribution is -2.41. The van der Waals surface area contributed by atoms with Crippen LogP contribution in [0.5, 0.6) is 0 Å². The molecule has 2 aromatic carbocycles. The van der Waals surface area contributed by atoms with Crippen LogP contribution < -0.4 is 26.8 Å². The van der Waals surface area contributed by atoms with Crippen molar-refractivity contribution in [2.45, 2.75) is 62.8 Å². The largest absolute Gasteiger partial charge is 0.338 e. The Bertz CT molecular complexity index is 2110. The van der Waals surface area contributed by atoms with Crippen molar-refractivity contribution >= 4 is 38.3 Å². The van der Waals surface area contributed by atoms with Crippen molar-refractivity contribution in [3.8, 4) is 5.69 Å². The summed E-state index contributed by atoms with van der Waals surface area (Å²) < 4.78 is 46.1. The van der Waals surface area contributed by atoms with E-state index in [0.717, 1.165) is 23.0 Å². The maximum Gasteiger partial charge on any atom is 0.336 e. The van der Waals surface area contributed by atoms with Gasteiger partial charge in [-0.05, 0) is 80.5 Å². The Balaban J connectivity index is 1.58. The van der Waals surface area contributed by atoms with Crippen LogP contribution in [-0.2, 0) is 21.9 Å². The van der Waals surface area contributed by atoms with Gasteiger partial charge in [-0.25, -0.2) is 22.3 Å². The number of hydrogen-bond acceptors (Lipinski definition) is 7. The smallest absolute Gasteiger partial charge is 0.336 e. The third kappa shape index (κ3) is 4.97. The van der Waals surface area contributed by atoms with Crippen molar-refractivity contribution in [2.24, 2.45) is 7.05 Å². The number of carbonyl (C=O) groups excluding carboxylic acids is 1. The van der Waals surface area contributed by atoms with E-state index in [-0.39, 0.29) is 51.0 Å². The van der Waals surface area contributed by atoms with Crippen LogP contribution >= 0.6 is 0 Å². The number of halogens is 1. The molecule has 4 aromatic rings. The maximum atomic E-state index is 15.2. The third-order valence-electron chi connectivity index (χ3n) is 8.02. The first-order chi connectivity index (χ1) is 20.4. The van der Waals surface area contributed by atoms with Crippen LogP contribution in [0.1, 0.15) is 62.1 Å². The lowest BCUT2D eigenvalue weighted by Gasteiger charge is -2.21. The summed E-state index contributed by atoms with van der Waals surface area (Å²) in [5.74, 6) is -0.850. The summed E-state index contributed by atoms with van der Waals surface area (Å²) in [6, 6.07) is 9.70. The van der Waals surface area contributed by atoms with E-state index in [0.29, 0.717) is 18.8 Å². The molecule has 2 fully saturated rings. The Morgan fingerprint density at radius 2 is 1.67 bits per heavy atom. The molecule has 2 saturated carbocycles. The number of nitrogens with one attached hydrogen (secondary N) is 2. The zero-order valence-corrected chi connectivity index (χ0v) is 24.6. The van der Waals surface area contributed by atoms with Gasteiger partial charge in [0.25, 0.3) is 21.1 Å². The summed E-state index contributed by atoms with van der Waals surface area (Å²) in [4.78, 5) is 52.9. The van der Waals surface area contributed by atoms with Crippen molar-refractivity contribution in [1.29, 1.82) is 0 Å². The zero-order valence-electron chi connectivity index (χ0n) is 23.8. The number of sulfonamides is 1. The molecular formula is C30H30FN5O6S. The Labute approximate surface area is 245 Å². The quantitative estimate of drug-likeness (QED) is 0.313. The fourth-order valence-corrected chi connectivity index (χ4v) is 6.40. The number of anilines is 2. The molecule has 2 aromatic heterocycles. The van der Waals surface area contributed by atoms with Gasteiger partial charge in [-0.1, -0.05) is 13.0 Å². The molecule has 0 saturated heterocycles. The van der Waals surface area contributed by atoms with E-state index in [1.165, 1.54) is 60.4 Å². The zero-order chi connectivity index (χ0) is 30.8. The van der Waals surface area contributed by atoms with Gasteiger partial charge in [0.2, 0.25) is 5.91 Å². The first-order valence-corrected chi connectivity index (χ1v) is 15.5. The molecule has 224 valence electrons. The van der Waals surface area contributed by atoms with Crippen LogP contribution in [0.15, 0.2) is 61.7 Å². The molecule has 6 rings (SSSR count). The number of amides is 1. The van der Waals surface area contributed by atoms with Gasteiger partial charge in [0, 0.05) is 25.1 Å². The summed E-state index contributed by atoms with van der Waals surface area (Å²) in [7, 11) is -2.69. The second-order valence-electron chi connectivity index (χ2n) is 11.1. The molecule has 11 nitrogen and oxygen atoms in total. The molecule has 2 heterocycles. The van der Waals surface area contributed by atoms with Crippen molar-refractivity contribution in [3.05, 3.63) is 90.6 Å². The minimum absolute atomic E-state index is 0.0173. The fraction of sp³-hybridized carbons (Fsp3) is 0.333. The maximum absolute atomic E-state index is 15.2. The normalized spacial score (nSPS) is 15.1. The number of fused-ring (bicyclic) bond motifs is 1. The molecule has 2 aliphatic rings. The molecule has 0 atom stereocenters. The van der Waals surface area contributed by atoms with Crippen molar-refractivity contribution in [2.75, 3.05) is 5.32 Å². The molecule has 0 unspecified atom stereocenters. The summed E-state index contributed by atoms with van der Waals surface area (Å²) in [6.07, 6.45) is 3.20. The Hall–Kier alpha value is -4.52. The number of rotatable bonds is 8. The summed E-state index contributed by atoms with van der Waals surface area (Å²) >= 11 is 0. The number of pyridine rings is 1. The van der Waals surface area contributed by atoms with Gasteiger partial charge in [0.15, 0.2) is 0 Å². The highest BCUT2D eigenvalue weighted by Gasteiger charge is 2.32. The van der Waals surface area contributed by atoms with Crippen molar-refractivity contribution < 1.29 is 17.6 Å². The van der Waals surface area contributed by atoms with E-state index >= 15 is 4.39 Å². The Morgan fingerprint density at radius 3 is 2.26 bits per heavy atom. The van der Waals surface area contributed by atoms with Crippen LogP contribution in [0, 0.1) is 12.7 Å². The van der Waals surface area contributed by atoms with Crippen LogP contribution in [0.2, 0.25) is 0 Å². The molecule has 0 radical (unpaired) electrons. The molecule has 1 amide bonds. The lowest BCUT2D eigenvalue weighted by molar-refractivity contribution is -0.119. The SMILES string of the molecule is CCC(=O)NS(=O)(=O)c1ccc(-n2c(=O)n(C3CC3)c(=O)c3c(Nc4ccc(C5CC5)cc4F)n(C)c(=O)c(C)c32)cc1. The number of hydrogen-bond donors (Lipinski definition) is 2. The Morgan fingerprint density at radius 1 is 1.00 bits per heavy atom. The van der Waals surface area contributed by atoms with Gasteiger partial charge in [0.05, 0.1) is 21.8 Å². The third-order valence-corrected chi connectivity index (χ3v) is 9.41. The van der Waals surface area contributed by atoms with E-state index in [4.69, 9.17) is 0 Å². The first kappa shape index (κ1) is 28.6. The molecule has 13 heteroatoms. The average molecular weight is 608 g/mol. The van der Waals surface area contributed by atoms with Gasteiger partial charge in [-0.3, -0.25) is 28.1 Å². The van der Waals surface area contributed by atoms with Gasteiger partial charge in [-0.15, -0.1) is 0 Å². The highest BCUT2D eigenvalue weighted by atomic mass is 32.2. The van der Waals surface area contributed by atoms with E-state index in [1.807, 2.05) is 10.8 Å². The van der Waals surface area contributed by atoms with Crippen LogP contribution in [0.4, 0.5) is 15.9 Å². The molecule has 0 bridgehead atoms. The van der Waals surface area contributed by atoms with E-state index < -0.39 is 38.6 Å².